The van der Waals surface area contributed by atoms with Gasteiger partial charge in [-0.15, -0.1) is 0 Å². The first kappa shape index (κ1) is 21.4. The molecule has 1 saturated heterocycles. The number of nitrogen functional groups attached to an aromatic ring is 1. The third-order valence-electron chi connectivity index (χ3n) is 5.98. The maximum atomic E-state index is 13.2. The van der Waals surface area contributed by atoms with Crippen molar-refractivity contribution in [2.45, 2.75) is 65.1 Å². The van der Waals surface area contributed by atoms with Gasteiger partial charge in [-0.3, -0.25) is 14.2 Å². The van der Waals surface area contributed by atoms with Crippen LogP contribution in [-0.2, 0) is 22.6 Å². The van der Waals surface area contributed by atoms with Crippen LogP contribution in [0.2, 0.25) is 0 Å². The minimum atomic E-state index is -0.529. The van der Waals surface area contributed by atoms with E-state index in [0.29, 0.717) is 50.9 Å². The van der Waals surface area contributed by atoms with Crippen LogP contribution in [0.3, 0.4) is 0 Å². The molecule has 0 bridgehead atoms. The average Bonchev–Trinajstić information content (AvgIpc) is 2.71. The molecule has 0 radical (unpaired) electrons. The fourth-order valence-electron chi connectivity index (χ4n) is 4.29. The molecule has 1 aliphatic carbocycles. The highest BCUT2D eigenvalue weighted by molar-refractivity contribution is 5.76. The fraction of sp³-hybridized carbons (Fsp3) is 0.750. The van der Waals surface area contributed by atoms with Crippen molar-refractivity contribution in [1.29, 1.82) is 0 Å². The highest BCUT2D eigenvalue weighted by atomic mass is 16.5. The normalized spacial score (nSPS) is 22.5. The van der Waals surface area contributed by atoms with Crippen LogP contribution < -0.4 is 27.2 Å². The molecule has 162 valence electrons. The Bertz CT molecular complexity index is 840. The van der Waals surface area contributed by atoms with Gasteiger partial charge in [0.1, 0.15) is 18.1 Å². The molecule has 1 aromatic rings. The molecule has 0 spiro atoms. The smallest absolute Gasteiger partial charge is 0.333 e. The SMILES string of the molecule is CCCn1c(N)c(N2CCOCC2)c(=O)n(CC(=O)N[C@H]2CCCC[C@@H]2C)c1=O. The monoisotopic (exact) mass is 407 g/mol. The Labute approximate surface area is 170 Å². The number of anilines is 2. The lowest BCUT2D eigenvalue weighted by molar-refractivity contribution is -0.123. The van der Waals surface area contributed by atoms with E-state index in [0.717, 1.165) is 23.8 Å². The molecule has 9 nitrogen and oxygen atoms in total. The molecule has 0 unspecified atom stereocenters. The van der Waals surface area contributed by atoms with Crippen molar-refractivity contribution in [2.24, 2.45) is 5.92 Å². The van der Waals surface area contributed by atoms with Gasteiger partial charge in [-0.05, 0) is 25.2 Å². The lowest BCUT2D eigenvalue weighted by atomic mass is 9.86. The molecule has 3 rings (SSSR count). The summed E-state index contributed by atoms with van der Waals surface area (Å²) >= 11 is 0. The molecular formula is C20H33N5O4. The zero-order chi connectivity index (χ0) is 21.0. The number of hydrogen-bond donors (Lipinski definition) is 2. The predicted octanol–water partition coefficient (Wildman–Crippen LogP) is 0.534. The predicted molar refractivity (Wildman–Crippen MR) is 112 cm³/mol. The zero-order valence-corrected chi connectivity index (χ0v) is 17.5. The van der Waals surface area contributed by atoms with Crippen LogP contribution in [-0.4, -0.2) is 47.4 Å². The van der Waals surface area contributed by atoms with Crippen molar-refractivity contribution in [1.82, 2.24) is 14.5 Å². The number of hydrogen-bond acceptors (Lipinski definition) is 6. The van der Waals surface area contributed by atoms with E-state index in [1.807, 2.05) is 11.8 Å². The van der Waals surface area contributed by atoms with Crippen molar-refractivity contribution in [2.75, 3.05) is 36.9 Å². The molecule has 0 aromatic carbocycles. The second-order valence-corrected chi connectivity index (χ2v) is 8.09. The molecule has 29 heavy (non-hydrogen) atoms. The van der Waals surface area contributed by atoms with Crippen molar-refractivity contribution in [3.8, 4) is 0 Å². The molecule has 1 saturated carbocycles. The number of morpholine rings is 1. The van der Waals surface area contributed by atoms with E-state index in [1.54, 1.807) is 0 Å². The molecule has 3 N–H and O–H groups in total. The number of ether oxygens (including phenoxy) is 1. The van der Waals surface area contributed by atoms with Gasteiger partial charge in [0.05, 0.1) is 13.2 Å². The summed E-state index contributed by atoms with van der Waals surface area (Å²) in [5.74, 6) is 0.265. The Kier molecular flexibility index (Phi) is 7.00. The number of nitrogens with two attached hydrogens (primary N) is 1. The summed E-state index contributed by atoms with van der Waals surface area (Å²) in [7, 11) is 0. The van der Waals surface area contributed by atoms with Crippen LogP contribution in [0.1, 0.15) is 46.0 Å². The van der Waals surface area contributed by atoms with E-state index in [4.69, 9.17) is 10.5 Å². The number of carbonyl (C=O) groups is 1. The summed E-state index contributed by atoms with van der Waals surface area (Å²) in [6, 6.07) is 0.0947. The summed E-state index contributed by atoms with van der Waals surface area (Å²) in [5, 5.41) is 3.02. The first-order chi connectivity index (χ1) is 13.9. The van der Waals surface area contributed by atoms with Crippen LogP contribution >= 0.6 is 0 Å². The summed E-state index contributed by atoms with van der Waals surface area (Å²) < 4.78 is 7.80. The van der Waals surface area contributed by atoms with E-state index in [1.165, 1.54) is 11.0 Å². The molecule has 1 aliphatic heterocycles. The van der Waals surface area contributed by atoms with Crippen LogP contribution in [0.5, 0.6) is 0 Å². The lowest BCUT2D eigenvalue weighted by Gasteiger charge is -2.31. The van der Waals surface area contributed by atoms with Gasteiger partial charge < -0.3 is 20.7 Å². The summed E-state index contributed by atoms with van der Waals surface area (Å²) in [4.78, 5) is 40.7. The molecule has 1 aromatic heterocycles. The summed E-state index contributed by atoms with van der Waals surface area (Å²) in [5.41, 5.74) is 5.49. The third kappa shape index (κ3) is 4.66. The van der Waals surface area contributed by atoms with Gasteiger partial charge in [0.15, 0.2) is 0 Å². The first-order valence-corrected chi connectivity index (χ1v) is 10.7. The molecule has 9 heteroatoms. The molecule has 2 atom stereocenters. The van der Waals surface area contributed by atoms with Gasteiger partial charge in [0.25, 0.3) is 5.56 Å². The van der Waals surface area contributed by atoms with Crippen molar-refractivity contribution >= 4 is 17.4 Å². The quantitative estimate of drug-likeness (QED) is 0.712. The Morgan fingerprint density at radius 2 is 1.86 bits per heavy atom. The molecule has 2 aliphatic rings. The van der Waals surface area contributed by atoms with Crippen LogP contribution in [0.25, 0.3) is 0 Å². The number of nitrogens with one attached hydrogen (secondary N) is 1. The van der Waals surface area contributed by atoms with E-state index >= 15 is 0 Å². The van der Waals surface area contributed by atoms with Gasteiger partial charge in [-0.1, -0.05) is 26.7 Å². The van der Waals surface area contributed by atoms with E-state index < -0.39 is 11.2 Å². The van der Waals surface area contributed by atoms with Crippen LogP contribution in [0.15, 0.2) is 9.59 Å². The highest BCUT2D eigenvalue weighted by Crippen LogP contribution is 2.23. The van der Waals surface area contributed by atoms with Gasteiger partial charge in [-0.2, -0.15) is 0 Å². The topological polar surface area (TPSA) is 112 Å². The number of rotatable bonds is 6. The Balaban J connectivity index is 1.92. The largest absolute Gasteiger partial charge is 0.383 e. The Morgan fingerprint density at radius 3 is 2.52 bits per heavy atom. The maximum absolute atomic E-state index is 13.2. The minimum Gasteiger partial charge on any atom is -0.383 e. The van der Waals surface area contributed by atoms with Gasteiger partial charge in [0.2, 0.25) is 5.91 Å². The average molecular weight is 408 g/mol. The van der Waals surface area contributed by atoms with E-state index in [2.05, 4.69) is 12.2 Å². The summed E-state index contributed by atoms with van der Waals surface area (Å²) in [6.07, 6.45) is 4.97. The number of carbonyl (C=O) groups excluding carboxylic acids is 1. The van der Waals surface area contributed by atoms with Crippen molar-refractivity contribution in [3.63, 3.8) is 0 Å². The Hall–Kier alpha value is -2.29. The van der Waals surface area contributed by atoms with E-state index in [9.17, 15) is 14.4 Å². The minimum absolute atomic E-state index is 0.0947. The molecule has 2 heterocycles. The number of nitrogens with zero attached hydrogens (tertiary/aromatic N) is 3. The highest BCUT2D eigenvalue weighted by Gasteiger charge is 2.26. The molecule has 2 fully saturated rings. The second kappa shape index (κ2) is 9.47. The van der Waals surface area contributed by atoms with Crippen LogP contribution in [0.4, 0.5) is 11.5 Å². The summed E-state index contributed by atoms with van der Waals surface area (Å²) in [6.45, 7) is 6.20. The van der Waals surface area contributed by atoms with Gasteiger partial charge in [-0.25, -0.2) is 9.36 Å². The maximum Gasteiger partial charge on any atom is 0.333 e. The number of aromatic nitrogens is 2. The lowest BCUT2D eigenvalue weighted by Crippen LogP contribution is -2.50. The van der Waals surface area contributed by atoms with Gasteiger partial charge in [0, 0.05) is 25.7 Å². The molecular weight excluding hydrogens is 374 g/mol. The van der Waals surface area contributed by atoms with Crippen molar-refractivity contribution in [3.05, 3.63) is 20.8 Å². The second-order valence-electron chi connectivity index (χ2n) is 8.09. The zero-order valence-electron chi connectivity index (χ0n) is 17.5. The first-order valence-electron chi connectivity index (χ1n) is 10.7. The molecule has 1 amide bonds. The van der Waals surface area contributed by atoms with Crippen LogP contribution in [0, 0.1) is 5.92 Å². The van der Waals surface area contributed by atoms with Gasteiger partial charge >= 0.3 is 5.69 Å². The fourth-order valence-corrected chi connectivity index (χ4v) is 4.29. The standard InChI is InChI=1S/C20H33N5O4/c1-3-8-24-18(21)17(23-9-11-29-12-10-23)19(27)25(20(24)28)13-16(26)22-15-7-5-4-6-14(15)2/h14-15H,3-13,21H2,1-2H3,(H,22,26)/t14-,15-/m0/s1. The Morgan fingerprint density at radius 1 is 1.17 bits per heavy atom. The van der Waals surface area contributed by atoms with E-state index in [-0.39, 0.29) is 24.3 Å². The third-order valence-corrected chi connectivity index (χ3v) is 5.98. The number of amides is 1. The van der Waals surface area contributed by atoms with Crippen molar-refractivity contribution < 1.29 is 9.53 Å².